The molecule has 6 nitrogen and oxygen atoms in total. The van der Waals surface area contributed by atoms with Crippen LogP contribution >= 0.6 is 0 Å². The molecule has 1 aliphatic rings. The highest BCUT2D eigenvalue weighted by Crippen LogP contribution is 2.15. The van der Waals surface area contributed by atoms with Crippen LogP contribution < -0.4 is 10.6 Å². The lowest BCUT2D eigenvalue weighted by molar-refractivity contribution is 0.324. The van der Waals surface area contributed by atoms with Crippen molar-refractivity contribution in [3.05, 3.63) is 18.0 Å². The minimum Gasteiger partial charge on any atom is -0.357 e. The van der Waals surface area contributed by atoms with Crippen LogP contribution in [0.4, 0.5) is 0 Å². The van der Waals surface area contributed by atoms with Gasteiger partial charge in [-0.15, -0.1) is 0 Å². The molecule has 1 unspecified atom stereocenters. The fraction of sp³-hybridized carbons (Fsp3) is 0.750. The zero-order valence-electron chi connectivity index (χ0n) is 14.2. The lowest BCUT2D eigenvalue weighted by Gasteiger charge is -2.17. The Hall–Kier alpha value is -1.56. The Morgan fingerprint density at radius 3 is 2.95 bits per heavy atom. The van der Waals surface area contributed by atoms with Gasteiger partial charge >= 0.3 is 0 Å². The molecule has 2 N–H and O–H groups in total. The summed E-state index contributed by atoms with van der Waals surface area (Å²) in [5.74, 6) is 1.63. The van der Waals surface area contributed by atoms with Gasteiger partial charge in [-0.3, -0.25) is 4.68 Å². The van der Waals surface area contributed by atoms with Crippen LogP contribution in [0.5, 0.6) is 0 Å². The van der Waals surface area contributed by atoms with Crippen LogP contribution in [0.3, 0.4) is 0 Å². The predicted molar refractivity (Wildman–Crippen MR) is 90.9 cm³/mol. The van der Waals surface area contributed by atoms with E-state index >= 15 is 0 Å². The van der Waals surface area contributed by atoms with Gasteiger partial charge in [-0.25, -0.2) is 4.99 Å². The van der Waals surface area contributed by atoms with Crippen molar-refractivity contribution < 1.29 is 0 Å². The standard InChI is InChI=1S/C16H30N6/c1-4-9-22-10-7-14(13-22)11-18-16(17-5-2)19-12-15-6-8-20-21(15)3/h6,8,14H,4-5,7,9-13H2,1-3H3,(H2,17,18,19). The van der Waals surface area contributed by atoms with Crippen molar-refractivity contribution in [3.63, 3.8) is 0 Å². The highest BCUT2D eigenvalue weighted by Gasteiger charge is 2.21. The molecule has 0 aliphatic carbocycles. The number of nitrogens with one attached hydrogen (secondary N) is 2. The van der Waals surface area contributed by atoms with Crippen molar-refractivity contribution in [1.29, 1.82) is 0 Å². The molecule has 2 rings (SSSR count). The lowest BCUT2D eigenvalue weighted by atomic mass is 10.1. The molecule has 0 spiro atoms. The van der Waals surface area contributed by atoms with Gasteiger partial charge in [0.2, 0.25) is 0 Å². The first-order valence-electron chi connectivity index (χ1n) is 8.44. The molecule has 1 aromatic rings. The second kappa shape index (κ2) is 8.78. The molecule has 0 radical (unpaired) electrons. The van der Waals surface area contributed by atoms with Gasteiger partial charge in [-0.2, -0.15) is 5.10 Å². The zero-order chi connectivity index (χ0) is 15.8. The lowest BCUT2D eigenvalue weighted by Crippen LogP contribution is -2.40. The zero-order valence-corrected chi connectivity index (χ0v) is 14.2. The fourth-order valence-corrected chi connectivity index (χ4v) is 2.90. The van der Waals surface area contributed by atoms with Crippen molar-refractivity contribution in [2.45, 2.75) is 33.2 Å². The van der Waals surface area contributed by atoms with Crippen LogP contribution in [0.1, 0.15) is 32.4 Å². The van der Waals surface area contributed by atoms with Gasteiger partial charge in [0, 0.05) is 32.9 Å². The van der Waals surface area contributed by atoms with Crippen LogP contribution in [-0.2, 0) is 13.6 Å². The van der Waals surface area contributed by atoms with Crippen LogP contribution in [0.25, 0.3) is 0 Å². The summed E-state index contributed by atoms with van der Waals surface area (Å²) in [6.07, 6.45) is 4.34. The fourth-order valence-electron chi connectivity index (χ4n) is 2.90. The number of rotatable bonds is 7. The normalized spacial score (nSPS) is 19.6. The third-order valence-corrected chi connectivity index (χ3v) is 4.13. The van der Waals surface area contributed by atoms with E-state index in [9.17, 15) is 0 Å². The summed E-state index contributed by atoms with van der Waals surface area (Å²) in [5, 5.41) is 11.0. The number of hydrogen-bond acceptors (Lipinski definition) is 3. The Balaban J connectivity index is 1.80. The number of aliphatic imine (C=N–C) groups is 1. The maximum Gasteiger partial charge on any atom is 0.191 e. The first-order valence-corrected chi connectivity index (χ1v) is 8.44. The number of guanidine groups is 1. The maximum absolute atomic E-state index is 4.65. The molecule has 0 bridgehead atoms. The van der Waals surface area contributed by atoms with Gasteiger partial charge in [0.25, 0.3) is 0 Å². The molecule has 1 aliphatic heterocycles. The summed E-state index contributed by atoms with van der Waals surface area (Å²) in [7, 11) is 1.95. The number of nitrogens with zero attached hydrogens (tertiary/aromatic N) is 4. The van der Waals surface area contributed by atoms with Gasteiger partial charge < -0.3 is 15.5 Å². The third kappa shape index (κ3) is 5.02. The minimum atomic E-state index is 0.651. The second-order valence-corrected chi connectivity index (χ2v) is 5.98. The average molecular weight is 306 g/mol. The SMILES string of the molecule is CCCN1CCC(CNC(=NCc2ccnn2C)NCC)C1. The largest absolute Gasteiger partial charge is 0.357 e. The first kappa shape index (κ1) is 16.8. The molecular formula is C16H30N6. The number of aromatic nitrogens is 2. The monoisotopic (exact) mass is 306 g/mol. The van der Waals surface area contributed by atoms with Gasteiger partial charge in [0.05, 0.1) is 12.2 Å². The maximum atomic E-state index is 4.65. The Morgan fingerprint density at radius 1 is 1.41 bits per heavy atom. The van der Waals surface area contributed by atoms with Gasteiger partial charge in [-0.1, -0.05) is 6.92 Å². The molecule has 1 atom stereocenters. The molecule has 1 aromatic heterocycles. The van der Waals surface area contributed by atoms with E-state index in [1.165, 1.54) is 32.5 Å². The minimum absolute atomic E-state index is 0.651. The van der Waals surface area contributed by atoms with E-state index in [4.69, 9.17) is 0 Å². The van der Waals surface area contributed by atoms with E-state index in [-0.39, 0.29) is 0 Å². The number of aryl methyl sites for hydroxylation is 1. The van der Waals surface area contributed by atoms with Crippen LogP contribution in [0.2, 0.25) is 0 Å². The molecule has 1 saturated heterocycles. The quantitative estimate of drug-likeness (QED) is 0.587. The van der Waals surface area contributed by atoms with E-state index in [2.05, 4.69) is 39.5 Å². The highest BCUT2D eigenvalue weighted by atomic mass is 15.3. The van der Waals surface area contributed by atoms with Crippen molar-refractivity contribution in [2.75, 3.05) is 32.7 Å². The van der Waals surface area contributed by atoms with Gasteiger partial charge in [0.15, 0.2) is 5.96 Å². The van der Waals surface area contributed by atoms with E-state index in [0.29, 0.717) is 6.54 Å². The summed E-state index contributed by atoms with van der Waals surface area (Å²) in [6.45, 7) is 10.6. The molecule has 0 saturated carbocycles. The van der Waals surface area contributed by atoms with Crippen molar-refractivity contribution in [2.24, 2.45) is 18.0 Å². The summed E-state index contributed by atoms with van der Waals surface area (Å²) >= 11 is 0. The number of hydrogen-bond donors (Lipinski definition) is 2. The van der Waals surface area contributed by atoms with E-state index in [1.54, 1.807) is 0 Å². The summed E-state index contributed by atoms with van der Waals surface area (Å²) in [6, 6.07) is 2.01. The summed E-state index contributed by atoms with van der Waals surface area (Å²) in [4.78, 5) is 7.21. The molecule has 124 valence electrons. The van der Waals surface area contributed by atoms with Crippen LogP contribution in [0, 0.1) is 5.92 Å². The van der Waals surface area contributed by atoms with Crippen LogP contribution in [0.15, 0.2) is 17.3 Å². The van der Waals surface area contributed by atoms with E-state index in [0.717, 1.165) is 30.7 Å². The molecule has 6 heteroatoms. The van der Waals surface area contributed by atoms with E-state index in [1.807, 2.05) is 24.0 Å². The topological polar surface area (TPSA) is 57.5 Å². The van der Waals surface area contributed by atoms with Gasteiger partial charge in [0.1, 0.15) is 0 Å². The van der Waals surface area contributed by atoms with Crippen molar-refractivity contribution in [3.8, 4) is 0 Å². The van der Waals surface area contributed by atoms with Crippen molar-refractivity contribution in [1.82, 2.24) is 25.3 Å². The molecule has 1 fully saturated rings. The first-order chi connectivity index (χ1) is 10.7. The Labute approximate surface area is 134 Å². The smallest absolute Gasteiger partial charge is 0.191 e. The third-order valence-electron chi connectivity index (χ3n) is 4.13. The Bertz CT molecular complexity index is 467. The molecule has 22 heavy (non-hydrogen) atoms. The Morgan fingerprint density at radius 2 is 2.27 bits per heavy atom. The van der Waals surface area contributed by atoms with Crippen molar-refractivity contribution >= 4 is 5.96 Å². The predicted octanol–water partition coefficient (Wildman–Crippen LogP) is 1.21. The summed E-state index contributed by atoms with van der Waals surface area (Å²) in [5.41, 5.74) is 1.12. The molecule has 0 amide bonds. The highest BCUT2D eigenvalue weighted by molar-refractivity contribution is 5.79. The number of likely N-dealkylation sites (tertiary alicyclic amines) is 1. The second-order valence-electron chi connectivity index (χ2n) is 5.98. The Kier molecular flexibility index (Phi) is 6.71. The van der Waals surface area contributed by atoms with Gasteiger partial charge in [-0.05, 0) is 44.8 Å². The molecular weight excluding hydrogens is 276 g/mol. The van der Waals surface area contributed by atoms with E-state index < -0.39 is 0 Å². The van der Waals surface area contributed by atoms with Crippen LogP contribution in [-0.4, -0.2) is 53.4 Å². The molecule has 0 aromatic carbocycles. The summed E-state index contributed by atoms with van der Waals surface area (Å²) < 4.78 is 1.87. The molecule has 2 heterocycles. The average Bonchev–Trinajstić information content (AvgIpc) is 3.12.